The van der Waals surface area contributed by atoms with Crippen LogP contribution >= 0.6 is 0 Å². The third kappa shape index (κ3) is 5.70. The van der Waals surface area contributed by atoms with E-state index in [0.29, 0.717) is 25.5 Å². The van der Waals surface area contributed by atoms with Gasteiger partial charge in [-0.1, -0.05) is 13.8 Å². The lowest BCUT2D eigenvalue weighted by molar-refractivity contribution is -0.126. The zero-order valence-corrected chi connectivity index (χ0v) is 15.4. The van der Waals surface area contributed by atoms with Gasteiger partial charge in [-0.25, -0.2) is 13.8 Å². The maximum Gasteiger partial charge on any atom is 0.475 e. The van der Waals surface area contributed by atoms with Crippen molar-refractivity contribution < 1.29 is 28.4 Å². The predicted octanol–water partition coefficient (Wildman–Crippen LogP) is 0.831. The average molecular weight is 383 g/mol. The van der Waals surface area contributed by atoms with Crippen LogP contribution in [-0.4, -0.2) is 52.4 Å². The van der Waals surface area contributed by atoms with Gasteiger partial charge in [0, 0.05) is 25.5 Å². The molecule has 1 amide bonds. The predicted molar refractivity (Wildman–Crippen MR) is 95.7 cm³/mol. The minimum Gasteiger partial charge on any atom is -0.426 e. The molecule has 0 spiro atoms. The van der Waals surface area contributed by atoms with E-state index >= 15 is 0 Å². The molecule has 2 heterocycles. The average Bonchev–Trinajstić information content (AvgIpc) is 2.53. The van der Waals surface area contributed by atoms with Gasteiger partial charge in [0.2, 0.25) is 5.91 Å². The Morgan fingerprint density at radius 3 is 2.59 bits per heavy atom. The van der Waals surface area contributed by atoms with Crippen LogP contribution in [0.1, 0.15) is 39.5 Å². The van der Waals surface area contributed by atoms with Gasteiger partial charge in [-0.05, 0) is 18.8 Å². The summed E-state index contributed by atoms with van der Waals surface area (Å²) in [5.41, 5.74) is 0. The van der Waals surface area contributed by atoms with E-state index in [1.807, 2.05) is 13.8 Å². The Kier molecular flexibility index (Phi) is 7.26. The van der Waals surface area contributed by atoms with E-state index in [0.717, 1.165) is 6.20 Å². The zero-order chi connectivity index (χ0) is 20.1. The van der Waals surface area contributed by atoms with E-state index in [-0.39, 0.29) is 30.4 Å². The van der Waals surface area contributed by atoms with Crippen molar-refractivity contribution in [1.29, 1.82) is 0 Å². The molecule has 0 unspecified atom stereocenters. The van der Waals surface area contributed by atoms with Gasteiger partial charge in [0.1, 0.15) is 5.82 Å². The second kappa shape index (κ2) is 9.23. The Balaban J connectivity index is 1.87. The number of pyridine rings is 1. The number of hydrogen-bond donors (Lipinski definition) is 3. The zero-order valence-electron chi connectivity index (χ0n) is 15.4. The normalized spacial score (nSPS) is 17.4. The number of halogens is 2. The number of carbonyl (C=O) groups is 2. The Hall–Kier alpha value is -2.07. The number of amides is 1. The highest BCUT2D eigenvalue weighted by Crippen LogP contribution is 2.28. The van der Waals surface area contributed by atoms with Crippen molar-refractivity contribution in [2.24, 2.45) is 5.92 Å². The highest BCUT2D eigenvalue weighted by Gasteiger charge is 2.36. The molecule has 0 bridgehead atoms. The number of anilines is 1. The molecule has 1 aromatic rings. The summed E-state index contributed by atoms with van der Waals surface area (Å²) in [6.45, 7) is 4.20. The first kappa shape index (κ1) is 21.2. The quantitative estimate of drug-likeness (QED) is 0.546. The molecule has 1 fully saturated rings. The van der Waals surface area contributed by atoms with Crippen LogP contribution in [0.25, 0.3) is 0 Å². The number of nitrogens with zero attached hydrogens (tertiary/aromatic N) is 2. The standard InChI is InChI=1S/C17H24BF2N3O4/c1-10(2)7-15(18(26)27)22-16(25)4-3-14(24)13-5-6-23(13)17-12(20)8-11(19)9-21-17/h8-10,13,15,26-27H,3-7H2,1-2H3,(H,22,25)/t13-,15-/m0/s1. The monoisotopic (exact) mass is 383 g/mol. The summed E-state index contributed by atoms with van der Waals surface area (Å²) in [4.78, 5) is 29.5. The van der Waals surface area contributed by atoms with Crippen molar-refractivity contribution in [3.05, 3.63) is 23.9 Å². The summed E-state index contributed by atoms with van der Waals surface area (Å²) in [7, 11) is -1.68. The van der Waals surface area contributed by atoms with E-state index in [9.17, 15) is 28.4 Å². The van der Waals surface area contributed by atoms with E-state index < -0.39 is 36.6 Å². The van der Waals surface area contributed by atoms with E-state index in [1.165, 1.54) is 4.90 Å². The molecule has 0 aliphatic carbocycles. The smallest absolute Gasteiger partial charge is 0.426 e. The van der Waals surface area contributed by atoms with Crippen molar-refractivity contribution >= 4 is 24.6 Å². The van der Waals surface area contributed by atoms with Gasteiger partial charge >= 0.3 is 7.12 Å². The van der Waals surface area contributed by atoms with Crippen LogP contribution in [0, 0.1) is 17.6 Å². The molecular formula is C17H24BF2N3O4. The number of rotatable bonds is 9. The Bertz CT molecular complexity index is 690. The Labute approximate surface area is 156 Å². The van der Waals surface area contributed by atoms with Gasteiger partial charge in [0.25, 0.3) is 0 Å². The van der Waals surface area contributed by atoms with Crippen LogP contribution in [0.3, 0.4) is 0 Å². The summed E-state index contributed by atoms with van der Waals surface area (Å²) < 4.78 is 26.8. The number of aromatic nitrogens is 1. The molecule has 1 aliphatic rings. The second-order valence-electron chi connectivity index (χ2n) is 7.14. The second-order valence-corrected chi connectivity index (χ2v) is 7.14. The van der Waals surface area contributed by atoms with Crippen LogP contribution < -0.4 is 10.2 Å². The molecule has 0 aromatic carbocycles. The number of nitrogens with one attached hydrogen (secondary N) is 1. The molecule has 10 heteroatoms. The Morgan fingerprint density at radius 2 is 2.07 bits per heavy atom. The van der Waals surface area contributed by atoms with Crippen LogP contribution in [0.2, 0.25) is 0 Å². The van der Waals surface area contributed by atoms with Gasteiger partial charge in [-0.15, -0.1) is 0 Å². The molecule has 0 radical (unpaired) electrons. The van der Waals surface area contributed by atoms with Gasteiger partial charge in [-0.2, -0.15) is 0 Å². The van der Waals surface area contributed by atoms with Gasteiger partial charge in [0.15, 0.2) is 17.4 Å². The first-order valence-corrected chi connectivity index (χ1v) is 8.95. The molecule has 3 N–H and O–H groups in total. The van der Waals surface area contributed by atoms with Crippen LogP contribution in [-0.2, 0) is 9.59 Å². The summed E-state index contributed by atoms with van der Waals surface area (Å²) in [6.07, 6.45) is 1.61. The fraction of sp³-hybridized carbons (Fsp3) is 0.588. The fourth-order valence-corrected chi connectivity index (χ4v) is 3.04. The first-order chi connectivity index (χ1) is 12.7. The molecule has 148 valence electrons. The minimum absolute atomic E-state index is 0.0638. The lowest BCUT2D eigenvalue weighted by Crippen LogP contribution is -2.53. The molecule has 2 rings (SSSR count). The largest absolute Gasteiger partial charge is 0.475 e. The van der Waals surface area contributed by atoms with E-state index in [4.69, 9.17) is 0 Å². The summed E-state index contributed by atoms with van der Waals surface area (Å²) >= 11 is 0. The molecule has 1 aliphatic heterocycles. The van der Waals surface area contributed by atoms with Gasteiger partial charge in [0.05, 0.1) is 18.2 Å². The summed E-state index contributed by atoms with van der Waals surface area (Å²) in [5, 5.41) is 21.2. The van der Waals surface area contributed by atoms with Crippen molar-refractivity contribution in [2.45, 2.75) is 51.5 Å². The Morgan fingerprint density at radius 1 is 1.37 bits per heavy atom. The first-order valence-electron chi connectivity index (χ1n) is 8.95. The van der Waals surface area contributed by atoms with Crippen LogP contribution in [0.4, 0.5) is 14.6 Å². The lowest BCUT2D eigenvalue weighted by Gasteiger charge is -2.40. The lowest BCUT2D eigenvalue weighted by atomic mass is 9.75. The van der Waals surface area contributed by atoms with Gasteiger partial charge in [-0.3, -0.25) is 9.59 Å². The molecule has 27 heavy (non-hydrogen) atoms. The van der Waals surface area contributed by atoms with Crippen molar-refractivity contribution in [3.8, 4) is 0 Å². The molecule has 1 aromatic heterocycles. The number of hydrogen-bond acceptors (Lipinski definition) is 6. The minimum atomic E-state index is -1.68. The third-order valence-corrected chi connectivity index (χ3v) is 4.48. The molecular weight excluding hydrogens is 359 g/mol. The number of ketones is 1. The van der Waals surface area contributed by atoms with E-state index in [1.54, 1.807) is 0 Å². The molecule has 0 saturated carbocycles. The molecule has 1 saturated heterocycles. The van der Waals surface area contributed by atoms with E-state index in [2.05, 4.69) is 10.3 Å². The highest BCUT2D eigenvalue weighted by atomic mass is 19.1. The van der Waals surface area contributed by atoms with Crippen molar-refractivity contribution in [3.63, 3.8) is 0 Å². The van der Waals surface area contributed by atoms with Crippen molar-refractivity contribution in [2.75, 3.05) is 11.4 Å². The maximum atomic E-state index is 13.8. The van der Waals surface area contributed by atoms with Crippen LogP contribution in [0.5, 0.6) is 0 Å². The van der Waals surface area contributed by atoms with Gasteiger partial charge < -0.3 is 20.3 Å². The number of carbonyl (C=O) groups excluding carboxylic acids is 2. The summed E-state index contributed by atoms with van der Waals surface area (Å²) in [6, 6.07) is 0.116. The van der Waals surface area contributed by atoms with Crippen LogP contribution in [0.15, 0.2) is 12.3 Å². The SMILES string of the molecule is CC(C)C[C@H](NC(=O)CCC(=O)[C@@H]1CCN1c1ncc(F)cc1F)B(O)O. The number of Topliss-reactive ketones (excluding diaryl/α,β-unsaturated/α-hetero) is 1. The fourth-order valence-electron chi connectivity index (χ4n) is 3.04. The maximum absolute atomic E-state index is 13.8. The molecule has 2 atom stereocenters. The van der Waals surface area contributed by atoms with Crippen molar-refractivity contribution in [1.82, 2.24) is 10.3 Å². The molecule has 7 nitrogen and oxygen atoms in total. The topological polar surface area (TPSA) is 103 Å². The third-order valence-electron chi connectivity index (χ3n) is 4.48. The summed E-state index contributed by atoms with van der Waals surface area (Å²) in [5.74, 6) is -3.06. The highest BCUT2D eigenvalue weighted by molar-refractivity contribution is 6.43.